The van der Waals surface area contributed by atoms with Crippen LogP contribution in [-0.2, 0) is 9.59 Å². The highest BCUT2D eigenvalue weighted by Gasteiger charge is 2.24. The van der Waals surface area contributed by atoms with E-state index in [2.05, 4.69) is 10.6 Å². The van der Waals surface area contributed by atoms with Crippen molar-refractivity contribution in [2.45, 2.75) is 12.8 Å². The quantitative estimate of drug-likeness (QED) is 0.851. The van der Waals surface area contributed by atoms with Crippen LogP contribution in [0.15, 0.2) is 18.2 Å². The third kappa shape index (κ3) is 2.85. The Bertz CT molecular complexity index is 567. The maximum Gasteiger partial charge on any atom is 0.264 e. The van der Waals surface area contributed by atoms with Crippen molar-refractivity contribution >= 4 is 23.2 Å². The van der Waals surface area contributed by atoms with Crippen LogP contribution in [0.2, 0.25) is 0 Å². The molecule has 1 fully saturated rings. The van der Waals surface area contributed by atoms with Crippen LogP contribution >= 0.6 is 0 Å². The molecule has 0 aliphatic carbocycles. The molecular formula is C15H19N3O3. The SMILES string of the molecule is CN1C(=O)COc2ccc(NC(=O)C3CCNCC3)cc21. The molecule has 1 saturated heterocycles. The minimum atomic E-state index is -0.0932. The maximum absolute atomic E-state index is 12.2. The van der Waals surface area contributed by atoms with Gasteiger partial charge < -0.3 is 20.3 Å². The third-order valence-corrected chi connectivity index (χ3v) is 4.02. The Morgan fingerprint density at radius 1 is 1.38 bits per heavy atom. The van der Waals surface area contributed by atoms with Crippen LogP contribution < -0.4 is 20.3 Å². The summed E-state index contributed by atoms with van der Waals surface area (Å²) in [6.07, 6.45) is 1.72. The molecular weight excluding hydrogens is 270 g/mol. The van der Waals surface area contributed by atoms with Crippen molar-refractivity contribution in [3.8, 4) is 5.75 Å². The van der Waals surface area contributed by atoms with Crippen LogP contribution in [0.25, 0.3) is 0 Å². The fourth-order valence-corrected chi connectivity index (χ4v) is 2.68. The van der Waals surface area contributed by atoms with Gasteiger partial charge in [0, 0.05) is 18.7 Å². The van der Waals surface area contributed by atoms with Gasteiger partial charge in [-0.05, 0) is 44.1 Å². The van der Waals surface area contributed by atoms with Crippen LogP contribution in [0.4, 0.5) is 11.4 Å². The molecule has 2 N–H and O–H groups in total. The van der Waals surface area contributed by atoms with E-state index >= 15 is 0 Å². The number of amides is 2. The monoisotopic (exact) mass is 289 g/mol. The number of nitrogens with zero attached hydrogens (tertiary/aromatic N) is 1. The van der Waals surface area contributed by atoms with Gasteiger partial charge in [-0.25, -0.2) is 0 Å². The van der Waals surface area contributed by atoms with Gasteiger partial charge in [0.05, 0.1) is 5.69 Å². The van der Waals surface area contributed by atoms with E-state index in [0.29, 0.717) is 17.1 Å². The van der Waals surface area contributed by atoms with Gasteiger partial charge >= 0.3 is 0 Å². The van der Waals surface area contributed by atoms with E-state index in [4.69, 9.17) is 4.74 Å². The Kier molecular flexibility index (Phi) is 3.79. The Labute approximate surface area is 123 Å². The molecule has 1 aromatic rings. The summed E-state index contributed by atoms with van der Waals surface area (Å²) in [5, 5.41) is 6.18. The largest absolute Gasteiger partial charge is 0.482 e. The van der Waals surface area contributed by atoms with Gasteiger partial charge in [0.2, 0.25) is 5.91 Å². The van der Waals surface area contributed by atoms with Gasteiger partial charge in [0.25, 0.3) is 5.91 Å². The highest BCUT2D eigenvalue weighted by Crippen LogP contribution is 2.33. The standard InChI is InChI=1S/C15H19N3O3/c1-18-12-8-11(2-3-13(12)21-9-14(18)19)17-15(20)10-4-6-16-7-5-10/h2-3,8,10,16H,4-7,9H2,1H3,(H,17,20). The molecule has 2 aliphatic rings. The van der Waals surface area contributed by atoms with Crippen LogP contribution in [0, 0.1) is 5.92 Å². The Balaban J connectivity index is 1.74. The predicted octanol–water partition coefficient (Wildman–Crippen LogP) is 0.980. The summed E-state index contributed by atoms with van der Waals surface area (Å²) in [5.41, 5.74) is 1.39. The number of hydrogen-bond donors (Lipinski definition) is 2. The molecule has 2 aliphatic heterocycles. The zero-order valence-electron chi connectivity index (χ0n) is 12.0. The van der Waals surface area contributed by atoms with Crippen molar-refractivity contribution in [3.63, 3.8) is 0 Å². The molecule has 0 radical (unpaired) electrons. The number of carbonyl (C=O) groups excluding carboxylic acids is 2. The first-order chi connectivity index (χ1) is 10.1. The first-order valence-electron chi connectivity index (χ1n) is 7.20. The van der Waals surface area contributed by atoms with Gasteiger partial charge in [-0.3, -0.25) is 9.59 Å². The van der Waals surface area contributed by atoms with E-state index in [-0.39, 0.29) is 24.3 Å². The number of nitrogens with one attached hydrogen (secondary N) is 2. The lowest BCUT2D eigenvalue weighted by molar-refractivity contribution is -0.121. The second-order valence-electron chi connectivity index (χ2n) is 5.44. The highest BCUT2D eigenvalue weighted by molar-refractivity contribution is 5.99. The number of rotatable bonds is 2. The number of hydrogen-bond acceptors (Lipinski definition) is 4. The molecule has 1 aromatic carbocycles. The number of piperidine rings is 1. The number of fused-ring (bicyclic) bond motifs is 1. The van der Waals surface area contributed by atoms with Crippen LogP contribution in [0.1, 0.15) is 12.8 Å². The molecule has 6 nitrogen and oxygen atoms in total. The van der Waals surface area contributed by atoms with Gasteiger partial charge in [-0.2, -0.15) is 0 Å². The Morgan fingerprint density at radius 2 is 2.14 bits per heavy atom. The van der Waals surface area contributed by atoms with E-state index in [1.807, 2.05) is 0 Å². The summed E-state index contributed by atoms with van der Waals surface area (Å²) in [7, 11) is 1.71. The smallest absolute Gasteiger partial charge is 0.264 e. The lowest BCUT2D eigenvalue weighted by Gasteiger charge is -2.27. The molecule has 112 valence electrons. The van der Waals surface area contributed by atoms with E-state index < -0.39 is 0 Å². The second-order valence-corrected chi connectivity index (χ2v) is 5.44. The fourth-order valence-electron chi connectivity index (χ4n) is 2.68. The molecule has 0 unspecified atom stereocenters. The highest BCUT2D eigenvalue weighted by atomic mass is 16.5. The van der Waals surface area contributed by atoms with Crippen molar-refractivity contribution in [2.24, 2.45) is 5.92 Å². The molecule has 0 spiro atoms. The minimum absolute atomic E-state index is 0.0437. The van der Waals surface area contributed by atoms with E-state index in [1.165, 1.54) is 0 Å². The van der Waals surface area contributed by atoms with E-state index in [0.717, 1.165) is 25.9 Å². The van der Waals surface area contributed by atoms with Gasteiger partial charge in [0.1, 0.15) is 5.75 Å². The van der Waals surface area contributed by atoms with Crippen molar-refractivity contribution in [1.29, 1.82) is 0 Å². The second kappa shape index (κ2) is 5.73. The summed E-state index contributed by atoms with van der Waals surface area (Å²) in [6.45, 7) is 1.82. The normalized spacial score (nSPS) is 18.9. The Hall–Kier alpha value is -2.08. The Morgan fingerprint density at radius 3 is 2.90 bits per heavy atom. The minimum Gasteiger partial charge on any atom is -0.482 e. The zero-order chi connectivity index (χ0) is 14.8. The predicted molar refractivity (Wildman–Crippen MR) is 79.6 cm³/mol. The van der Waals surface area contributed by atoms with Gasteiger partial charge in [-0.15, -0.1) is 0 Å². The molecule has 2 heterocycles. The maximum atomic E-state index is 12.2. The van der Waals surface area contributed by atoms with E-state index in [1.54, 1.807) is 30.1 Å². The summed E-state index contributed by atoms with van der Waals surface area (Å²) in [6, 6.07) is 5.38. The zero-order valence-corrected chi connectivity index (χ0v) is 12.0. The van der Waals surface area contributed by atoms with Crippen molar-refractivity contribution in [1.82, 2.24) is 5.32 Å². The van der Waals surface area contributed by atoms with Crippen molar-refractivity contribution in [2.75, 3.05) is 37.0 Å². The van der Waals surface area contributed by atoms with Crippen molar-refractivity contribution in [3.05, 3.63) is 18.2 Å². The summed E-state index contributed by atoms with van der Waals surface area (Å²) in [5.74, 6) is 0.668. The molecule has 0 bridgehead atoms. The third-order valence-electron chi connectivity index (χ3n) is 4.02. The van der Waals surface area contributed by atoms with Crippen LogP contribution in [-0.4, -0.2) is 38.6 Å². The molecule has 0 aromatic heterocycles. The number of ether oxygens (including phenoxy) is 1. The molecule has 0 atom stereocenters. The van der Waals surface area contributed by atoms with Crippen molar-refractivity contribution < 1.29 is 14.3 Å². The topological polar surface area (TPSA) is 70.7 Å². The fraction of sp³-hybridized carbons (Fsp3) is 0.467. The average Bonchev–Trinajstić information content (AvgIpc) is 2.52. The van der Waals surface area contributed by atoms with Gasteiger partial charge in [0.15, 0.2) is 6.61 Å². The van der Waals surface area contributed by atoms with E-state index in [9.17, 15) is 9.59 Å². The van der Waals surface area contributed by atoms with Crippen LogP contribution in [0.5, 0.6) is 5.75 Å². The summed E-state index contributed by atoms with van der Waals surface area (Å²) >= 11 is 0. The first-order valence-corrected chi connectivity index (χ1v) is 7.20. The molecule has 6 heteroatoms. The average molecular weight is 289 g/mol. The lowest BCUT2D eigenvalue weighted by Crippen LogP contribution is -2.36. The van der Waals surface area contributed by atoms with Crippen LogP contribution in [0.3, 0.4) is 0 Å². The number of likely N-dealkylation sites (N-methyl/N-ethyl adjacent to an activating group) is 1. The molecule has 0 saturated carbocycles. The number of anilines is 2. The number of carbonyl (C=O) groups is 2. The molecule has 21 heavy (non-hydrogen) atoms. The molecule has 3 rings (SSSR count). The summed E-state index contributed by atoms with van der Waals surface area (Å²) < 4.78 is 5.37. The van der Waals surface area contributed by atoms with Gasteiger partial charge in [-0.1, -0.05) is 0 Å². The summed E-state index contributed by atoms with van der Waals surface area (Å²) in [4.78, 5) is 25.4. The molecule has 2 amide bonds. The number of benzene rings is 1. The first kappa shape index (κ1) is 13.9. The lowest BCUT2D eigenvalue weighted by atomic mass is 9.97.